The zero-order valence-corrected chi connectivity index (χ0v) is 17.4. The van der Waals surface area contributed by atoms with Crippen molar-refractivity contribution in [1.82, 2.24) is 0 Å². The van der Waals surface area contributed by atoms with Crippen LogP contribution >= 0.6 is 11.6 Å². The molecule has 0 unspecified atom stereocenters. The second kappa shape index (κ2) is 8.25. The lowest BCUT2D eigenvalue weighted by Crippen LogP contribution is -2.38. The molecule has 2 aromatic rings. The van der Waals surface area contributed by atoms with Gasteiger partial charge in [0, 0.05) is 28.4 Å². The summed E-state index contributed by atoms with van der Waals surface area (Å²) < 4.78 is 5.54. The predicted octanol–water partition coefficient (Wildman–Crippen LogP) is 5.04. The van der Waals surface area contributed by atoms with Crippen LogP contribution in [0.5, 0.6) is 5.75 Å². The number of nitrogens with two attached hydrogens (primary N) is 1. The number of hydrogen-bond donors (Lipinski definition) is 1. The van der Waals surface area contributed by atoms with Crippen molar-refractivity contribution in [1.29, 1.82) is 5.26 Å². The molecule has 0 aromatic heterocycles. The van der Waals surface area contributed by atoms with Crippen molar-refractivity contribution in [2.75, 3.05) is 11.5 Å². The molecule has 30 heavy (non-hydrogen) atoms. The molecular formula is C24H22ClN3O2. The molecule has 2 N–H and O–H groups in total. The van der Waals surface area contributed by atoms with Crippen LogP contribution in [0, 0.1) is 11.3 Å². The number of nitrogens with zero attached hydrogens (tertiary/aromatic N) is 2. The van der Waals surface area contributed by atoms with Crippen molar-refractivity contribution < 1.29 is 9.53 Å². The maximum absolute atomic E-state index is 13.1. The lowest BCUT2D eigenvalue weighted by Gasteiger charge is -2.39. The quantitative estimate of drug-likeness (QED) is 0.750. The Morgan fingerprint density at radius 2 is 1.87 bits per heavy atom. The Hall–Kier alpha value is -3.23. The van der Waals surface area contributed by atoms with Gasteiger partial charge < -0.3 is 10.5 Å². The van der Waals surface area contributed by atoms with Crippen LogP contribution in [0.3, 0.4) is 0 Å². The number of hydrogen-bond acceptors (Lipinski definition) is 5. The van der Waals surface area contributed by atoms with E-state index in [2.05, 4.69) is 6.07 Å². The number of ketones is 1. The lowest BCUT2D eigenvalue weighted by molar-refractivity contribution is -0.116. The summed E-state index contributed by atoms with van der Waals surface area (Å²) >= 11 is 6.05. The van der Waals surface area contributed by atoms with Gasteiger partial charge in [0.05, 0.1) is 24.2 Å². The summed E-state index contributed by atoms with van der Waals surface area (Å²) in [7, 11) is 0. The van der Waals surface area contributed by atoms with E-state index in [-0.39, 0.29) is 5.78 Å². The molecule has 1 atom stereocenters. The first-order valence-electron chi connectivity index (χ1n) is 9.99. The smallest absolute Gasteiger partial charge is 0.161 e. The van der Waals surface area contributed by atoms with Gasteiger partial charge >= 0.3 is 0 Å². The van der Waals surface area contributed by atoms with Crippen LogP contribution in [-0.2, 0) is 4.79 Å². The maximum Gasteiger partial charge on any atom is 0.161 e. The van der Waals surface area contributed by atoms with E-state index in [0.717, 1.165) is 35.5 Å². The topological polar surface area (TPSA) is 79.3 Å². The van der Waals surface area contributed by atoms with Crippen molar-refractivity contribution >= 4 is 23.1 Å². The molecule has 0 bridgehead atoms. The fourth-order valence-corrected chi connectivity index (χ4v) is 4.35. The van der Waals surface area contributed by atoms with Gasteiger partial charge in [-0.05, 0) is 61.7 Å². The number of carbonyl (C=O) groups is 1. The van der Waals surface area contributed by atoms with E-state index < -0.39 is 5.92 Å². The summed E-state index contributed by atoms with van der Waals surface area (Å²) in [6.07, 6.45) is 1.95. The molecule has 1 aliphatic carbocycles. The number of Topliss-reactive ketones (excluding diaryl/α,β-unsaturated/α-hetero) is 1. The van der Waals surface area contributed by atoms with Crippen molar-refractivity contribution in [3.63, 3.8) is 0 Å². The Kier molecular flexibility index (Phi) is 5.52. The standard InChI is InChI=1S/C24H22ClN3O2/c1-2-30-18-12-6-15(7-13-18)22-19(14-26)24(27)28(17-10-8-16(25)9-11-17)20-4-3-5-21(29)23(20)22/h6-13,22H,2-5,27H2,1H3/t22-/m0/s1. The Balaban J connectivity index is 1.88. The Labute approximate surface area is 181 Å². The fourth-order valence-electron chi connectivity index (χ4n) is 4.23. The highest BCUT2D eigenvalue weighted by atomic mass is 35.5. The van der Waals surface area contributed by atoms with E-state index >= 15 is 0 Å². The van der Waals surface area contributed by atoms with Gasteiger partial charge in [0.2, 0.25) is 0 Å². The van der Waals surface area contributed by atoms with Gasteiger partial charge in [-0.2, -0.15) is 5.26 Å². The molecule has 6 heteroatoms. The van der Waals surface area contributed by atoms with Gasteiger partial charge in [-0.3, -0.25) is 9.69 Å². The SMILES string of the molecule is CCOc1ccc([C@H]2C(C#N)=C(N)N(c3ccc(Cl)cc3)C3=C2C(=O)CCC3)cc1. The van der Waals surface area contributed by atoms with E-state index in [1.807, 2.05) is 48.2 Å². The van der Waals surface area contributed by atoms with E-state index in [0.29, 0.717) is 35.0 Å². The summed E-state index contributed by atoms with van der Waals surface area (Å²) in [6.45, 7) is 2.50. The number of nitriles is 1. The molecular weight excluding hydrogens is 398 g/mol. The minimum atomic E-state index is -0.475. The van der Waals surface area contributed by atoms with Gasteiger partial charge in [0.25, 0.3) is 0 Å². The fraction of sp³-hybridized carbons (Fsp3) is 0.250. The molecule has 0 spiro atoms. The average Bonchev–Trinajstić information content (AvgIpc) is 2.75. The van der Waals surface area contributed by atoms with Crippen LogP contribution in [0.1, 0.15) is 37.7 Å². The molecule has 1 aliphatic heterocycles. The van der Waals surface area contributed by atoms with Crippen LogP contribution in [0.4, 0.5) is 5.69 Å². The summed E-state index contributed by atoms with van der Waals surface area (Å²) in [6, 6.07) is 17.1. The maximum atomic E-state index is 13.1. The minimum absolute atomic E-state index is 0.0642. The second-order valence-electron chi connectivity index (χ2n) is 7.29. The summed E-state index contributed by atoms with van der Waals surface area (Å²) in [4.78, 5) is 14.9. The monoisotopic (exact) mass is 419 g/mol. The average molecular weight is 420 g/mol. The molecule has 2 aromatic carbocycles. The first-order chi connectivity index (χ1) is 14.5. The van der Waals surface area contributed by atoms with Crippen LogP contribution in [0.15, 0.2) is 71.2 Å². The molecule has 0 saturated heterocycles. The highest BCUT2D eigenvalue weighted by Gasteiger charge is 2.40. The lowest BCUT2D eigenvalue weighted by atomic mass is 9.75. The molecule has 0 radical (unpaired) electrons. The number of carbonyl (C=O) groups excluding carboxylic acids is 1. The first kappa shape index (κ1) is 20.1. The van der Waals surface area contributed by atoms with E-state index in [4.69, 9.17) is 22.1 Å². The Morgan fingerprint density at radius 3 is 2.50 bits per heavy atom. The summed E-state index contributed by atoms with van der Waals surface area (Å²) in [5, 5.41) is 10.6. The van der Waals surface area contributed by atoms with Gasteiger partial charge in [-0.15, -0.1) is 0 Å². The molecule has 0 amide bonds. The number of ether oxygens (including phenoxy) is 1. The molecule has 2 aliphatic rings. The van der Waals surface area contributed by atoms with Crippen molar-refractivity contribution in [3.05, 3.63) is 81.8 Å². The molecule has 0 fully saturated rings. The highest BCUT2D eigenvalue weighted by molar-refractivity contribution is 6.30. The largest absolute Gasteiger partial charge is 0.494 e. The van der Waals surface area contributed by atoms with Crippen LogP contribution in [0.25, 0.3) is 0 Å². The second-order valence-corrected chi connectivity index (χ2v) is 7.73. The Morgan fingerprint density at radius 1 is 1.17 bits per heavy atom. The van der Waals surface area contributed by atoms with Gasteiger partial charge in [-0.1, -0.05) is 23.7 Å². The summed E-state index contributed by atoms with van der Waals surface area (Å²) in [5.74, 6) is 0.693. The predicted molar refractivity (Wildman–Crippen MR) is 117 cm³/mol. The molecule has 0 saturated carbocycles. The summed E-state index contributed by atoms with van der Waals surface area (Å²) in [5.41, 5.74) is 10.1. The van der Waals surface area contributed by atoms with Gasteiger partial charge in [0.1, 0.15) is 11.6 Å². The van der Waals surface area contributed by atoms with Crippen molar-refractivity contribution in [2.24, 2.45) is 5.73 Å². The zero-order chi connectivity index (χ0) is 21.3. The highest BCUT2D eigenvalue weighted by Crippen LogP contribution is 2.46. The third-order valence-electron chi connectivity index (χ3n) is 5.52. The van der Waals surface area contributed by atoms with Gasteiger partial charge in [-0.25, -0.2) is 0 Å². The number of rotatable bonds is 4. The van der Waals surface area contributed by atoms with Crippen LogP contribution < -0.4 is 15.4 Å². The third-order valence-corrected chi connectivity index (χ3v) is 5.77. The van der Waals surface area contributed by atoms with Crippen LogP contribution in [0.2, 0.25) is 5.02 Å². The van der Waals surface area contributed by atoms with E-state index in [9.17, 15) is 10.1 Å². The number of halogens is 1. The number of allylic oxidation sites excluding steroid dienone is 3. The minimum Gasteiger partial charge on any atom is -0.494 e. The third kappa shape index (κ3) is 3.44. The number of benzene rings is 2. The zero-order valence-electron chi connectivity index (χ0n) is 16.7. The van der Waals surface area contributed by atoms with Crippen molar-refractivity contribution in [2.45, 2.75) is 32.1 Å². The van der Waals surface area contributed by atoms with Crippen LogP contribution in [-0.4, -0.2) is 12.4 Å². The normalized spacial score (nSPS) is 18.9. The molecule has 152 valence electrons. The van der Waals surface area contributed by atoms with E-state index in [1.54, 1.807) is 12.1 Å². The number of anilines is 1. The molecule has 1 heterocycles. The molecule has 5 nitrogen and oxygen atoms in total. The molecule has 4 rings (SSSR count). The van der Waals surface area contributed by atoms with E-state index in [1.165, 1.54) is 0 Å². The Bertz CT molecular complexity index is 1080. The van der Waals surface area contributed by atoms with Crippen molar-refractivity contribution in [3.8, 4) is 11.8 Å². The first-order valence-corrected chi connectivity index (χ1v) is 10.4. The van der Waals surface area contributed by atoms with Gasteiger partial charge in [0.15, 0.2) is 5.78 Å².